The topological polar surface area (TPSA) is 95.4 Å². The number of carbonyl (C=O) groups excluding carboxylic acids is 2. The number of rotatable bonds is 1. The van der Waals surface area contributed by atoms with Gasteiger partial charge >= 0.3 is 0 Å². The highest BCUT2D eigenvalue weighted by Gasteiger charge is 2.50. The quantitative estimate of drug-likeness (QED) is 0.754. The Bertz CT molecular complexity index is 589. The Labute approximate surface area is 128 Å². The van der Waals surface area contributed by atoms with Gasteiger partial charge in [-0.1, -0.05) is 0 Å². The van der Waals surface area contributed by atoms with Crippen LogP contribution in [0.25, 0.3) is 0 Å². The van der Waals surface area contributed by atoms with E-state index in [9.17, 15) is 14.7 Å². The molecule has 1 spiro atoms. The zero-order valence-corrected chi connectivity index (χ0v) is 12.6. The Balaban J connectivity index is 1.82. The summed E-state index contributed by atoms with van der Waals surface area (Å²) in [5.74, 6) is -0.393. The van der Waals surface area contributed by atoms with Crippen LogP contribution in [0.3, 0.4) is 0 Å². The minimum Gasteiger partial charge on any atom is -0.392 e. The third kappa shape index (κ3) is 2.45. The van der Waals surface area contributed by atoms with E-state index in [-0.39, 0.29) is 24.1 Å². The predicted octanol–water partition coefficient (Wildman–Crippen LogP) is -0.112. The summed E-state index contributed by atoms with van der Waals surface area (Å²) in [5, 5.41) is 13.1. The second-order valence-electron chi connectivity index (χ2n) is 6.09. The lowest BCUT2D eigenvalue weighted by molar-refractivity contribution is -0.147. The smallest absolute Gasteiger partial charge is 0.274 e. The van der Waals surface area contributed by atoms with Crippen LogP contribution in [0.4, 0.5) is 0 Å². The van der Waals surface area contributed by atoms with Crippen molar-refractivity contribution in [2.24, 2.45) is 5.41 Å². The van der Waals surface area contributed by atoms with Crippen molar-refractivity contribution in [3.63, 3.8) is 0 Å². The molecule has 1 aromatic rings. The van der Waals surface area contributed by atoms with E-state index >= 15 is 0 Å². The van der Waals surface area contributed by atoms with Gasteiger partial charge in [-0.15, -0.1) is 0 Å². The molecule has 3 rings (SSSR count). The molecule has 3 heterocycles. The number of piperidine rings is 2. The van der Waals surface area contributed by atoms with Gasteiger partial charge in [-0.2, -0.15) is 0 Å². The molecule has 2 N–H and O–H groups in total. The second kappa shape index (κ2) is 5.64. The van der Waals surface area contributed by atoms with Crippen LogP contribution in [-0.2, 0) is 4.79 Å². The maximum Gasteiger partial charge on any atom is 0.274 e. The molecule has 22 heavy (non-hydrogen) atoms. The van der Waals surface area contributed by atoms with Crippen LogP contribution in [0.1, 0.15) is 35.4 Å². The minimum absolute atomic E-state index is 0.154. The summed E-state index contributed by atoms with van der Waals surface area (Å²) >= 11 is 0. The fourth-order valence-electron chi connectivity index (χ4n) is 3.28. The highest BCUT2D eigenvalue weighted by molar-refractivity contribution is 5.93. The van der Waals surface area contributed by atoms with Crippen LogP contribution >= 0.6 is 0 Å². The fraction of sp³-hybridized carbons (Fsp3) is 0.600. The molecule has 0 saturated carbocycles. The van der Waals surface area contributed by atoms with Gasteiger partial charge in [-0.05, 0) is 26.2 Å². The van der Waals surface area contributed by atoms with Gasteiger partial charge in [0.1, 0.15) is 5.69 Å². The molecule has 2 aliphatic heterocycles. The molecule has 7 heteroatoms. The van der Waals surface area contributed by atoms with Crippen molar-refractivity contribution in [3.05, 3.63) is 23.8 Å². The summed E-state index contributed by atoms with van der Waals surface area (Å²) in [6.07, 6.45) is 4.11. The number of likely N-dealkylation sites (tertiary alicyclic amines) is 1. The maximum absolute atomic E-state index is 12.6. The third-order valence-electron chi connectivity index (χ3n) is 4.61. The first kappa shape index (κ1) is 14.9. The Morgan fingerprint density at radius 2 is 2.27 bits per heavy atom. The standard InChI is InChI=1S/C15H20N4O3/c1-10-7-18-11(8-17-10)13(21)19-6-3-12(20)15(9-19)4-2-5-16-14(15)22/h7-8,12,20H,2-6,9H2,1H3,(H,16,22)/t12-,15-/m1/s1. The van der Waals surface area contributed by atoms with E-state index in [4.69, 9.17) is 0 Å². The Morgan fingerprint density at radius 1 is 1.45 bits per heavy atom. The van der Waals surface area contributed by atoms with Gasteiger partial charge in [0.05, 0.1) is 23.4 Å². The van der Waals surface area contributed by atoms with E-state index in [1.165, 1.54) is 6.20 Å². The fourth-order valence-corrected chi connectivity index (χ4v) is 3.28. The molecule has 0 radical (unpaired) electrons. The first-order valence-corrected chi connectivity index (χ1v) is 7.57. The second-order valence-corrected chi connectivity index (χ2v) is 6.09. The zero-order valence-electron chi connectivity index (χ0n) is 12.6. The lowest BCUT2D eigenvalue weighted by Gasteiger charge is -2.46. The average Bonchev–Trinajstić information content (AvgIpc) is 2.53. The molecule has 7 nitrogen and oxygen atoms in total. The molecular weight excluding hydrogens is 284 g/mol. The molecule has 2 fully saturated rings. The van der Waals surface area contributed by atoms with Gasteiger partial charge < -0.3 is 15.3 Å². The van der Waals surface area contributed by atoms with Crippen molar-refractivity contribution < 1.29 is 14.7 Å². The first-order chi connectivity index (χ1) is 10.5. The van der Waals surface area contributed by atoms with Crippen molar-refractivity contribution in [2.45, 2.75) is 32.3 Å². The molecule has 2 aliphatic rings. The molecular formula is C15H20N4O3. The molecule has 0 aliphatic carbocycles. The van der Waals surface area contributed by atoms with Gasteiger partial charge in [0.25, 0.3) is 5.91 Å². The van der Waals surface area contributed by atoms with Crippen LogP contribution < -0.4 is 5.32 Å². The largest absolute Gasteiger partial charge is 0.392 e. The number of aliphatic hydroxyl groups is 1. The number of aryl methyl sites for hydroxylation is 1. The zero-order chi connectivity index (χ0) is 15.7. The summed E-state index contributed by atoms with van der Waals surface area (Å²) in [6, 6.07) is 0. The lowest BCUT2D eigenvalue weighted by Crippen LogP contribution is -2.62. The number of nitrogens with zero attached hydrogens (tertiary/aromatic N) is 3. The van der Waals surface area contributed by atoms with Crippen molar-refractivity contribution >= 4 is 11.8 Å². The van der Waals surface area contributed by atoms with Gasteiger partial charge in [0, 0.05) is 25.8 Å². The average molecular weight is 304 g/mol. The number of nitrogens with one attached hydrogen (secondary N) is 1. The van der Waals surface area contributed by atoms with Crippen molar-refractivity contribution in [2.75, 3.05) is 19.6 Å². The molecule has 2 saturated heterocycles. The van der Waals surface area contributed by atoms with Crippen molar-refractivity contribution in [1.82, 2.24) is 20.2 Å². The molecule has 1 aromatic heterocycles. The van der Waals surface area contributed by atoms with E-state index in [1.54, 1.807) is 18.0 Å². The molecule has 0 bridgehead atoms. The van der Waals surface area contributed by atoms with Crippen LogP contribution in [0, 0.1) is 12.3 Å². The molecule has 0 aromatic carbocycles. The number of aliphatic hydroxyl groups excluding tert-OH is 1. The van der Waals surface area contributed by atoms with Crippen LogP contribution in [0.5, 0.6) is 0 Å². The highest BCUT2D eigenvalue weighted by Crippen LogP contribution is 2.37. The molecule has 2 atom stereocenters. The summed E-state index contributed by atoms with van der Waals surface area (Å²) in [4.78, 5) is 34.7. The molecule has 0 unspecified atom stereocenters. The van der Waals surface area contributed by atoms with E-state index in [0.29, 0.717) is 25.9 Å². The summed E-state index contributed by atoms with van der Waals surface area (Å²) in [6.45, 7) is 3.09. The van der Waals surface area contributed by atoms with Gasteiger partial charge in [0.2, 0.25) is 5.91 Å². The van der Waals surface area contributed by atoms with Gasteiger partial charge in [-0.3, -0.25) is 14.6 Å². The van der Waals surface area contributed by atoms with E-state index in [0.717, 1.165) is 12.1 Å². The monoisotopic (exact) mass is 304 g/mol. The van der Waals surface area contributed by atoms with E-state index < -0.39 is 11.5 Å². The van der Waals surface area contributed by atoms with E-state index in [1.807, 2.05) is 0 Å². The first-order valence-electron chi connectivity index (χ1n) is 7.57. The lowest BCUT2D eigenvalue weighted by atomic mass is 9.71. The van der Waals surface area contributed by atoms with Gasteiger partial charge in [-0.25, -0.2) is 4.98 Å². The maximum atomic E-state index is 12.6. The van der Waals surface area contributed by atoms with Crippen molar-refractivity contribution in [1.29, 1.82) is 0 Å². The number of hydrogen-bond donors (Lipinski definition) is 2. The molecule has 2 amide bonds. The van der Waals surface area contributed by atoms with Crippen LogP contribution in [0.15, 0.2) is 12.4 Å². The van der Waals surface area contributed by atoms with E-state index in [2.05, 4.69) is 15.3 Å². The number of carbonyl (C=O) groups is 2. The third-order valence-corrected chi connectivity index (χ3v) is 4.61. The Hall–Kier alpha value is -2.02. The minimum atomic E-state index is -0.885. The number of amides is 2. The normalized spacial score (nSPS) is 28.5. The Kier molecular flexibility index (Phi) is 3.82. The van der Waals surface area contributed by atoms with Gasteiger partial charge in [0.15, 0.2) is 0 Å². The SMILES string of the molecule is Cc1cnc(C(=O)N2CC[C@@H](O)[C@@]3(CCCNC3=O)C2)cn1. The van der Waals surface area contributed by atoms with Crippen LogP contribution in [0.2, 0.25) is 0 Å². The number of hydrogen-bond acceptors (Lipinski definition) is 5. The van der Waals surface area contributed by atoms with Crippen molar-refractivity contribution in [3.8, 4) is 0 Å². The predicted molar refractivity (Wildman–Crippen MR) is 78.0 cm³/mol. The summed E-state index contributed by atoms with van der Waals surface area (Å²) < 4.78 is 0. The number of aromatic nitrogens is 2. The van der Waals surface area contributed by atoms with Crippen LogP contribution in [-0.4, -0.2) is 57.5 Å². The summed E-state index contributed by atoms with van der Waals surface area (Å²) in [5.41, 5.74) is 0.131. The molecule has 118 valence electrons. The Morgan fingerprint density at radius 3 is 2.95 bits per heavy atom. The highest BCUT2D eigenvalue weighted by atomic mass is 16.3. The summed E-state index contributed by atoms with van der Waals surface area (Å²) in [7, 11) is 0.